The highest BCUT2D eigenvalue weighted by Gasteiger charge is 2.15. The molecule has 0 aliphatic rings. The topological polar surface area (TPSA) is 62.6 Å². The van der Waals surface area contributed by atoms with Crippen molar-refractivity contribution in [1.29, 1.82) is 0 Å². The predicted molar refractivity (Wildman–Crippen MR) is 40.6 cm³/mol. The molecule has 0 aromatic carbocycles. The van der Waals surface area contributed by atoms with Crippen LogP contribution >= 0.6 is 0 Å². The molecule has 12 heavy (non-hydrogen) atoms. The quantitative estimate of drug-likeness (QED) is 0.555. The SMILES string of the molecule is COc1cc(F)cc(B(O)O)n1. The lowest BCUT2D eigenvalue weighted by Gasteiger charge is -2.02. The maximum absolute atomic E-state index is 12.6. The average Bonchev–Trinajstić information content (AvgIpc) is 2.03. The normalized spacial score (nSPS) is 9.67. The van der Waals surface area contributed by atoms with Crippen LogP contribution < -0.4 is 10.3 Å². The fourth-order valence-corrected chi connectivity index (χ4v) is 0.730. The van der Waals surface area contributed by atoms with Crippen molar-refractivity contribution in [2.75, 3.05) is 7.11 Å². The second-order valence-corrected chi connectivity index (χ2v) is 2.13. The Morgan fingerprint density at radius 2 is 2.17 bits per heavy atom. The fourth-order valence-electron chi connectivity index (χ4n) is 0.730. The predicted octanol–water partition coefficient (Wildman–Crippen LogP) is -1.09. The van der Waals surface area contributed by atoms with Crippen LogP contribution in [0.3, 0.4) is 0 Å². The van der Waals surface area contributed by atoms with Gasteiger partial charge in [-0.3, -0.25) is 0 Å². The summed E-state index contributed by atoms with van der Waals surface area (Å²) < 4.78 is 17.2. The van der Waals surface area contributed by atoms with E-state index in [1.54, 1.807) is 0 Å². The lowest BCUT2D eigenvalue weighted by Crippen LogP contribution is -2.33. The van der Waals surface area contributed by atoms with Gasteiger partial charge in [-0.15, -0.1) is 0 Å². The van der Waals surface area contributed by atoms with Crippen LogP contribution in [0, 0.1) is 5.82 Å². The monoisotopic (exact) mass is 171 g/mol. The van der Waals surface area contributed by atoms with Crippen molar-refractivity contribution < 1.29 is 19.2 Å². The number of rotatable bonds is 2. The zero-order valence-electron chi connectivity index (χ0n) is 6.36. The average molecular weight is 171 g/mol. The number of aromatic nitrogens is 1. The first-order valence-electron chi connectivity index (χ1n) is 3.21. The Labute approximate surface area is 68.8 Å². The molecule has 0 atom stereocenters. The Kier molecular flexibility index (Phi) is 2.62. The van der Waals surface area contributed by atoms with E-state index in [2.05, 4.69) is 9.72 Å². The molecule has 0 saturated heterocycles. The molecule has 0 aliphatic carbocycles. The third kappa shape index (κ3) is 1.93. The fraction of sp³-hybridized carbons (Fsp3) is 0.167. The van der Waals surface area contributed by atoms with Crippen LogP contribution in [-0.4, -0.2) is 29.3 Å². The molecule has 0 aliphatic heterocycles. The molecule has 6 heteroatoms. The zero-order valence-corrected chi connectivity index (χ0v) is 6.36. The minimum absolute atomic E-state index is 0.0121. The molecule has 1 aromatic heterocycles. The van der Waals surface area contributed by atoms with Gasteiger partial charge in [0, 0.05) is 6.07 Å². The molecule has 0 fully saturated rings. The summed E-state index contributed by atoms with van der Waals surface area (Å²) in [6.45, 7) is 0. The lowest BCUT2D eigenvalue weighted by atomic mass is 9.86. The van der Waals surface area contributed by atoms with Gasteiger partial charge in [0.15, 0.2) is 0 Å². The first-order chi connectivity index (χ1) is 5.63. The molecular formula is C6H7BFNO3. The standard InChI is InChI=1S/C6H7BFNO3/c1-12-6-3-4(8)2-5(9-6)7(10)11/h2-3,10-11H,1H3. The van der Waals surface area contributed by atoms with Crippen LogP contribution in [0.1, 0.15) is 0 Å². The summed E-state index contributed by atoms with van der Waals surface area (Å²) >= 11 is 0. The highest BCUT2D eigenvalue weighted by Crippen LogP contribution is 2.05. The van der Waals surface area contributed by atoms with E-state index in [-0.39, 0.29) is 11.5 Å². The summed E-state index contributed by atoms with van der Waals surface area (Å²) in [5.41, 5.74) is -0.174. The van der Waals surface area contributed by atoms with E-state index in [0.717, 1.165) is 12.1 Å². The van der Waals surface area contributed by atoms with Gasteiger partial charge >= 0.3 is 7.12 Å². The van der Waals surface area contributed by atoms with Crippen molar-refractivity contribution in [3.8, 4) is 5.88 Å². The van der Waals surface area contributed by atoms with Crippen LogP contribution in [0.25, 0.3) is 0 Å². The molecule has 0 unspecified atom stereocenters. The number of hydrogen-bond donors (Lipinski definition) is 2. The van der Waals surface area contributed by atoms with Crippen molar-refractivity contribution in [2.45, 2.75) is 0 Å². The van der Waals surface area contributed by atoms with E-state index >= 15 is 0 Å². The van der Waals surface area contributed by atoms with Gasteiger partial charge < -0.3 is 14.8 Å². The highest BCUT2D eigenvalue weighted by atomic mass is 19.1. The van der Waals surface area contributed by atoms with E-state index < -0.39 is 12.9 Å². The molecule has 0 bridgehead atoms. The van der Waals surface area contributed by atoms with Gasteiger partial charge in [0.1, 0.15) is 5.82 Å². The third-order valence-corrected chi connectivity index (χ3v) is 1.26. The molecule has 2 N–H and O–H groups in total. The molecule has 1 rings (SSSR count). The Morgan fingerprint density at radius 3 is 2.67 bits per heavy atom. The van der Waals surface area contributed by atoms with Gasteiger partial charge in [0.25, 0.3) is 0 Å². The van der Waals surface area contributed by atoms with E-state index in [9.17, 15) is 4.39 Å². The summed E-state index contributed by atoms with van der Waals surface area (Å²) in [7, 11) is -0.468. The summed E-state index contributed by atoms with van der Waals surface area (Å²) in [4.78, 5) is 3.59. The van der Waals surface area contributed by atoms with Crippen LogP contribution in [0.2, 0.25) is 0 Å². The minimum Gasteiger partial charge on any atom is -0.481 e. The van der Waals surface area contributed by atoms with Gasteiger partial charge in [-0.2, -0.15) is 0 Å². The molecule has 0 spiro atoms. The molecule has 64 valence electrons. The summed E-state index contributed by atoms with van der Waals surface area (Å²) in [6, 6.07) is 1.97. The van der Waals surface area contributed by atoms with Crippen LogP contribution in [0.5, 0.6) is 5.88 Å². The number of halogens is 1. The number of methoxy groups -OCH3 is 1. The van der Waals surface area contributed by atoms with Gasteiger partial charge in [-0.05, 0) is 6.07 Å². The van der Waals surface area contributed by atoms with Crippen molar-refractivity contribution in [1.82, 2.24) is 4.98 Å². The van der Waals surface area contributed by atoms with Gasteiger partial charge in [-0.25, -0.2) is 9.37 Å². The maximum Gasteiger partial charge on any atom is 0.508 e. The second kappa shape index (κ2) is 3.51. The molecule has 0 amide bonds. The lowest BCUT2D eigenvalue weighted by molar-refractivity contribution is 0.391. The van der Waals surface area contributed by atoms with Crippen LogP contribution in [-0.2, 0) is 0 Å². The molecular weight excluding hydrogens is 164 g/mol. The summed E-state index contributed by atoms with van der Waals surface area (Å²) in [5.74, 6) is -0.608. The Morgan fingerprint density at radius 1 is 1.50 bits per heavy atom. The van der Waals surface area contributed by atoms with E-state index in [4.69, 9.17) is 10.0 Å². The maximum atomic E-state index is 12.6. The smallest absolute Gasteiger partial charge is 0.481 e. The Hall–Kier alpha value is -1.14. The molecule has 4 nitrogen and oxygen atoms in total. The highest BCUT2D eigenvalue weighted by molar-refractivity contribution is 6.57. The van der Waals surface area contributed by atoms with Crippen molar-refractivity contribution in [3.63, 3.8) is 0 Å². The Balaban J connectivity index is 3.06. The minimum atomic E-state index is -1.78. The molecule has 1 aromatic rings. The molecule has 1 heterocycles. The largest absolute Gasteiger partial charge is 0.508 e. The van der Waals surface area contributed by atoms with Gasteiger partial charge in [-0.1, -0.05) is 0 Å². The van der Waals surface area contributed by atoms with Crippen molar-refractivity contribution >= 4 is 12.7 Å². The van der Waals surface area contributed by atoms with Crippen LogP contribution in [0.15, 0.2) is 12.1 Å². The number of hydrogen-bond acceptors (Lipinski definition) is 4. The number of nitrogens with zero attached hydrogens (tertiary/aromatic N) is 1. The van der Waals surface area contributed by atoms with Crippen molar-refractivity contribution in [3.05, 3.63) is 17.9 Å². The zero-order chi connectivity index (χ0) is 9.14. The van der Waals surface area contributed by atoms with Crippen LogP contribution in [0.4, 0.5) is 4.39 Å². The first-order valence-corrected chi connectivity index (χ1v) is 3.21. The van der Waals surface area contributed by atoms with E-state index in [0.29, 0.717) is 0 Å². The summed E-state index contributed by atoms with van der Waals surface area (Å²) in [6.07, 6.45) is 0. The third-order valence-electron chi connectivity index (χ3n) is 1.26. The van der Waals surface area contributed by atoms with Gasteiger partial charge in [0.2, 0.25) is 5.88 Å². The van der Waals surface area contributed by atoms with Gasteiger partial charge in [0.05, 0.1) is 12.7 Å². The number of ether oxygens (including phenoxy) is 1. The summed E-state index contributed by atoms with van der Waals surface area (Å²) in [5, 5.41) is 17.3. The first kappa shape index (κ1) is 8.96. The second-order valence-electron chi connectivity index (χ2n) is 2.13. The number of pyridine rings is 1. The molecule has 0 radical (unpaired) electrons. The van der Waals surface area contributed by atoms with Crippen molar-refractivity contribution in [2.24, 2.45) is 0 Å². The van der Waals surface area contributed by atoms with E-state index in [1.165, 1.54) is 7.11 Å². The molecule has 0 saturated carbocycles. The Bertz CT molecular complexity index is 281. The van der Waals surface area contributed by atoms with E-state index in [1.807, 2.05) is 0 Å².